The van der Waals surface area contributed by atoms with Crippen LogP contribution in [0.1, 0.15) is 54.6 Å². The van der Waals surface area contributed by atoms with E-state index in [1.807, 2.05) is 31.2 Å². The molecule has 1 saturated heterocycles. The van der Waals surface area contributed by atoms with Gasteiger partial charge in [0.2, 0.25) is 10.0 Å². The minimum absolute atomic E-state index is 0.0178. The zero-order valence-corrected chi connectivity index (χ0v) is 18.8. The van der Waals surface area contributed by atoms with E-state index in [4.69, 9.17) is 16.3 Å². The first-order chi connectivity index (χ1) is 14.3. The maximum absolute atomic E-state index is 13.1. The number of amides is 1. The summed E-state index contributed by atoms with van der Waals surface area (Å²) in [6, 6.07) is 11.5. The van der Waals surface area contributed by atoms with Gasteiger partial charge in [0.05, 0.1) is 18.2 Å². The van der Waals surface area contributed by atoms with E-state index in [2.05, 4.69) is 5.32 Å². The fraction of sp³-hybridized carbons (Fsp3) is 0.409. The van der Waals surface area contributed by atoms with Crippen LogP contribution >= 0.6 is 11.6 Å². The van der Waals surface area contributed by atoms with Crippen LogP contribution in [0.5, 0.6) is 5.75 Å². The summed E-state index contributed by atoms with van der Waals surface area (Å²) in [6.07, 6.45) is 3.70. The van der Waals surface area contributed by atoms with Crippen molar-refractivity contribution >= 4 is 27.5 Å². The molecule has 1 fully saturated rings. The molecular formula is C22H27ClN2O4S. The highest BCUT2D eigenvalue weighted by molar-refractivity contribution is 7.89. The molecule has 0 spiro atoms. The maximum Gasteiger partial charge on any atom is 0.251 e. The number of benzene rings is 2. The number of hydrogen-bond acceptors (Lipinski definition) is 4. The third-order valence-corrected chi connectivity index (χ3v) is 7.72. The first-order valence-corrected chi connectivity index (χ1v) is 11.9. The van der Waals surface area contributed by atoms with E-state index in [1.54, 1.807) is 13.2 Å². The van der Waals surface area contributed by atoms with Crippen LogP contribution in [0.4, 0.5) is 0 Å². The van der Waals surface area contributed by atoms with Crippen molar-refractivity contribution in [3.05, 3.63) is 58.6 Å². The topological polar surface area (TPSA) is 75.7 Å². The molecule has 162 valence electrons. The molecule has 6 nitrogen and oxygen atoms in total. The summed E-state index contributed by atoms with van der Waals surface area (Å²) in [5, 5.41) is 3.03. The van der Waals surface area contributed by atoms with Crippen molar-refractivity contribution in [2.45, 2.75) is 43.5 Å². The number of halogens is 1. The van der Waals surface area contributed by atoms with E-state index in [0.29, 0.717) is 13.1 Å². The van der Waals surface area contributed by atoms with Gasteiger partial charge in [0.15, 0.2) is 0 Å². The van der Waals surface area contributed by atoms with Gasteiger partial charge in [0.1, 0.15) is 10.6 Å². The van der Waals surface area contributed by atoms with E-state index < -0.39 is 10.0 Å². The van der Waals surface area contributed by atoms with Crippen molar-refractivity contribution in [1.82, 2.24) is 9.62 Å². The summed E-state index contributed by atoms with van der Waals surface area (Å²) >= 11 is 6.23. The molecule has 3 rings (SSSR count). The molecule has 0 aliphatic carbocycles. The number of sulfonamides is 1. The Balaban J connectivity index is 1.80. The lowest BCUT2D eigenvalue weighted by Crippen LogP contribution is -2.32. The zero-order valence-electron chi connectivity index (χ0n) is 17.2. The molecule has 0 bridgehead atoms. The van der Waals surface area contributed by atoms with Crippen LogP contribution in [0, 0.1) is 0 Å². The van der Waals surface area contributed by atoms with Gasteiger partial charge in [0, 0.05) is 18.7 Å². The Morgan fingerprint density at radius 1 is 1.07 bits per heavy atom. The number of carbonyl (C=O) groups excluding carboxylic acids is 1. The fourth-order valence-corrected chi connectivity index (χ4v) is 5.54. The fourth-order valence-electron chi connectivity index (χ4n) is 3.52. The smallest absolute Gasteiger partial charge is 0.251 e. The average molecular weight is 451 g/mol. The van der Waals surface area contributed by atoms with E-state index in [0.717, 1.165) is 37.0 Å². The van der Waals surface area contributed by atoms with Crippen LogP contribution in [0.25, 0.3) is 0 Å². The van der Waals surface area contributed by atoms with Gasteiger partial charge in [-0.15, -0.1) is 0 Å². The van der Waals surface area contributed by atoms with Gasteiger partial charge >= 0.3 is 0 Å². The first-order valence-electron chi connectivity index (χ1n) is 10.1. The maximum atomic E-state index is 13.1. The average Bonchev–Trinajstić information content (AvgIpc) is 3.04. The molecule has 0 saturated carbocycles. The van der Waals surface area contributed by atoms with E-state index in [1.165, 1.54) is 16.4 Å². The number of nitrogens with one attached hydrogen (secondary N) is 1. The molecule has 1 atom stereocenters. The summed E-state index contributed by atoms with van der Waals surface area (Å²) in [6.45, 7) is 2.82. The Morgan fingerprint density at radius 2 is 1.70 bits per heavy atom. The van der Waals surface area contributed by atoms with Crippen molar-refractivity contribution in [2.75, 3.05) is 20.2 Å². The SMILES string of the molecule is COc1ccc(C(C)NC(=O)c2ccc(Cl)c(S(=O)(=O)N3CCCCCC3)c2)cc1. The normalized spacial score (nSPS) is 16.5. The number of ether oxygens (including phenoxy) is 1. The van der Waals surface area contributed by atoms with Crippen LogP contribution < -0.4 is 10.1 Å². The number of carbonyl (C=O) groups is 1. The molecule has 1 aliphatic heterocycles. The molecule has 2 aromatic carbocycles. The minimum Gasteiger partial charge on any atom is -0.497 e. The number of nitrogens with zero attached hydrogens (tertiary/aromatic N) is 1. The predicted molar refractivity (Wildman–Crippen MR) is 118 cm³/mol. The quantitative estimate of drug-likeness (QED) is 0.707. The molecule has 8 heteroatoms. The number of rotatable bonds is 6. The largest absolute Gasteiger partial charge is 0.497 e. The van der Waals surface area contributed by atoms with Crippen molar-refractivity contribution < 1.29 is 17.9 Å². The van der Waals surface area contributed by atoms with Crippen LogP contribution in [0.15, 0.2) is 47.4 Å². The Morgan fingerprint density at radius 3 is 2.30 bits per heavy atom. The second kappa shape index (κ2) is 9.81. The molecule has 1 N–H and O–H groups in total. The zero-order chi connectivity index (χ0) is 21.7. The van der Waals surface area contributed by atoms with Crippen LogP contribution in [-0.2, 0) is 10.0 Å². The van der Waals surface area contributed by atoms with Gasteiger partial charge in [0.25, 0.3) is 5.91 Å². The third kappa shape index (κ3) is 5.14. The second-order valence-corrected chi connectivity index (χ2v) is 9.75. The van der Waals surface area contributed by atoms with Gasteiger partial charge < -0.3 is 10.1 Å². The Labute approximate surface area is 183 Å². The summed E-state index contributed by atoms with van der Waals surface area (Å²) < 4.78 is 32.9. The molecule has 0 radical (unpaired) electrons. The third-order valence-electron chi connectivity index (χ3n) is 5.34. The second-order valence-electron chi connectivity index (χ2n) is 7.43. The lowest BCUT2D eigenvalue weighted by Gasteiger charge is -2.21. The highest BCUT2D eigenvalue weighted by Gasteiger charge is 2.28. The molecule has 1 heterocycles. The molecule has 1 unspecified atom stereocenters. The van der Waals surface area contributed by atoms with Crippen molar-refractivity contribution in [3.63, 3.8) is 0 Å². The minimum atomic E-state index is -3.75. The highest BCUT2D eigenvalue weighted by atomic mass is 35.5. The summed E-state index contributed by atoms with van der Waals surface area (Å²) in [5.41, 5.74) is 1.17. The lowest BCUT2D eigenvalue weighted by atomic mass is 10.1. The van der Waals surface area contributed by atoms with Gasteiger partial charge in [-0.25, -0.2) is 8.42 Å². The van der Waals surface area contributed by atoms with E-state index in [9.17, 15) is 13.2 Å². The highest BCUT2D eigenvalue weighted by Crippen LogP contribution is 2.28. The monoisotopic (exact) mass is 450 g/mol. The Bertz CT molecular complexity index is 985. The molecule has 1 aliphatic rings. The molecule has 1 amide bonds. The molecule has 2 aromatic rings. The molecule has 30 heavy (non-hydrogen) atoms. The Kier molecular flexibility index (Phi) is 7.39. The van der Waals surface area contributed by atoms with Gasteiger partial charge in [-0.2, -0.15) is 4.31 Å². The van der Waals surface area contributed by atoms with Crippen molar-refractivity contribution in [3.8, 4) is 5.75 Å². The predicted octanol–water partition coefficient (Wildman–Crippen LogP) is 4.40. The Hall–Kier alpha value is -2.09. The standard InChI is InChI=1S/C22H27ClN2O4S/c1-16(17-7-10-19(29-2)11-8-17)24-22(26)18-9-12-20(23)21(15-18)30(27,28)25-13-5-3-4-6-14-25/h7-12,15-16H,3-6,13-14H2,1-2H3,(H,24,26). The number of hydrogen-bond donors (Lipinski definition) is 1. The molecule has 0 aromatic heterocycles. The van der Waals surface area contributed by atoms with Gasteiger partial charge in [-0.1, -0.05) is 36.6 Å². The summed E-state index contributed by atoms with van der Waals surface area (Å²) in [7, 11) is -2.16. The summed E-state index contributed by atoms with van der Waals surface area (Å²) in [5.74, 6) is 0.376. The van der Waals surface area contributed by atoms with Crippen LogP contribution in [0.3, 0.4) is 0 Å². The van der Waals surface area contributed by atoms with Crippen LogP contribution in [0.2, 0.25) is 5.02 Å². The van der Waals surface area contributed by atoms with E-state index >= 15 is 0 Å². The molecular weight excluding hydrogens is 424 g/mol. The van der Waals surface area contributed by atoms with Crippen molar-refractivity contribution in [1.29, 1.82) is 0 Å². The number of methoxy groups -OCH3 is 1. The van der Waals surface area contributed by atoms with Crippen LogP contribution in [-0.4, -0.2) is 38.8 Å². The first kappa shape index (κ1) is 22.6. The summed E-state index contributed by atoms with van der Waals surface area (Å²) in [4.78, 5) is 12.8. The van der Waals surface area contributed by atoms with Gasteiger partial charge in [-0.05, 0) is 55.7 Å². The van der Waals surface area contributed by atoms with Gasteiger partial charge in [-0.3, -0.25) is 4.79 Å². The van der Waals surface area contributed by atoms with Crippen molar-refractivity contribution in [2.24, 2.45) is 0 Å². The van der Waals surface area contributed by atoms with E-state index in [-0.39, 0.29) is 27.4 Å². The lowest BCUT2D eigenvalue weighted by molar-refractivity contribution is 0.0939.